The van der Waals surface area contributed by atoms with Crippen LogP contribution in [0.1, 0.15) is 20.3 Å². The van der Waals surface area contributed by atoms with Crippen molar-refractivity contribution in [3.8, 4) is 0 Å². The molecule has 0 aromatic carbocycles. The minimum Gasteiger partial charge on any atom is -0.293 e. The number of rotatable bonds is 5. The van der Waals surface area contributed by atoms with Crippen LogP contribution in [0, 0.1) is 5.92 Å². The zero-order valence-corrected chi connectivity index (χ0v) is 7.46. The zero-order valence-electron chi connectivity index (χ0n) is 7.46. The molecule has 0 amide bonds. The summed E-state index contributed by atoms with van der Waals surface area (Å²) < 4.78 is 0. The van der Waals surface area contributed by atoms with Gasteiger partial charge in [0, 0.05) is 12.8 Å². The Kier molecular flexibility index (Phi) is 6.70. The van der Waals surface area contributed by atoms with Crippen molar-refractivity contribution in [2.24, 2.45) is 10.9 Å². The van der Waals surface area contributed by atoms with E-state index in [9.17, 15) is 0 Å². The molecule has 0 heterocycles. The molecule has 11 heavy (non-hydrogen) atoms. The van der Waals surface area contributed by atoms with Gasteiger partial charge in [-0.15, -0.1) is 0 Å². The molecule has 0 bridgehead atoms. The lowest BCUT2D eigenvalue weighted by atomic mass is 10.1. The van der Waals surface area contributed by atoms with Crippen LogP contribution in [0.25, 0.3) is 0 Å². The van der Waals surface area contributed by atoms with Gasteiger partial charge in [0.15, 0.2) is 0 Å². The molecular formula is C10H17N. The Morgan fingerprint density at radius 1 is 1.36 bits per heavy atom. The Bertz CT molecular complexity index is 143. The molecule has 0 unspecified atom stereocenters. The Morgan fingerprint density at radius 2 is 2.09 bits per heavy atom. The average Bonchev–Trinajstić information content (AvgIpc) is 1.96. The van der Waals surface area contributed by atoms with Crippen molar-refractivity contribution in [2.75, 3.05) is 6.54 Å². The van der Waals surface area contributed by atoms with Crippen LogP contribution in [0.4, 0.5) is 0 Å². The molecule has 0 aromatic heterocycles. The van der Waals surface area contributed by atoms with Crippen molar-refractivity contribution in [1.82, 2.24) is 0 Å². The van der Waals surface area contributed by atoms with Crippen molar-refractivity contribution in [2.45, 2.75) is 20.3 Å². The smallest absolute Gasteiger partial charge is 0.0391 e. The maximum absolute atomic E-state index is 4.19. The Morgan fingerprint density at radius 3 is 2.64 bits per heavy atom. The van der Waals surface area contributed by atoms with Gasteiger partial charge in [-0.25, -0.2) is 0 Å². The van der Waals surface area contributed by atoms with E-state index in [0.29, 0.717) is 0 Å². The molecule has 0 fully saturated rings. The zero-order chi connectivity index (χ0) is 8.53. The summed E-state index contributed by atoms with van der Waals surface area (Å²) >= 11 is 0. The molecule has 0 aromatic rings. The normalized spacial score (nSPS) is 11.9. The van der Waals surface area contributed by atoms with Crippen molar-refractivity contribution in [1.29, 1.82) is 0 Å². The summed E-state index contributed by atoms with van der Waals surface area (Å²) in [6, 6.07) is 0. The highest BCUT2D eigenvalue weighted by Gasteiger charge is 1.88. The summed E-state index contributed by atoms with van der Waals surface area (Å²) in [7, 11) is 0. The molecular weight excluding hydrogens is 134 g/mol. The van der Waals surface area contributed by atoms with E-state index in [1.54, 1.807) is 6.08 Å². The van der Waals surface area contributed by atoms with E-state index in [1.165, 1.54) is 6.42 Å². The number of hydrogen-bond donors (Lipinski definition) is 0. The number of hydrogen-bond acceptors (Lipinski definition) is 1. The standard InChI is InChI=1S/C10H17N/c1-4-5-6-8-11-9-7-10(2)3/h4-6,8,10H,1,7,9H2,2-3H3/b6-5-,11-8?. The molecule has 0 saturated carbocycles. The van der Waals surface area contributed by atoms with Crippen LogP contribution in [0.5, 0.6) is 0 Å². The predicted octanol–water partition coefficient (Wildman–Crippen LogP) is 2.85. The second kappa shape index (κ2) is 7.26. The summed E-state index contributed by atoms with van der Waals surface area (Å²) in [5, 5.41) is 0. The fourth-order valence-electron chi connectivity index (χ4n) is 0.596. The van der Waals surface area contributed by atoms with Crippen molar-refractivity contribution in [3.05, 3.63) is 24.8 Å². The average molecular weight is 151 g/mol. The van der Waals surface area contributed by atoms with E-state index >= 15 is 0 Å². The third kappa shape index (κ3) is 9.15. The molecule has 0 aliphatic heterocycles. The lowest BCUT2D eigenvalue weighted by Gasteiger charge is -1.97. The van der Waals surface area contributed by atoms with Gasteiger partial charge in [0.25, 0.3) is 0 Å². The summed E-state index contributed by atoms with van der Waals surface area (Å²) in [5.41, 5.74) is 0. The summed E-state index contributed by atoms with van der Waals surface area (Å²) in [6.07, 6.45) is 8.50. The van der Waals surface area contributed by atoms with Crippen LogP contribution in [0.2, 0.25) is 0 Å². The second-order valence-electron chi connectivity index (χ2n) is 2.86. The number of nitrogens with zero attached hydrogens (tertiary/aromatic N) is 1. The lowest BCUT2D eigenvalue weighted by Crippen LogP contribution is -1.89. The quantitative estimate of drug-likeness (QED) is 0.423. The third-order valence-electron chi connectivity index (χ3n) is 1.27. The van der Waals surface area contributed by atoms with E-state index in [0.717, 1.165) is 12.5 Å². The van der Waals surface area contributed by atoms with E-state index in [-0.39, 0.29) is 0 Å². The van der Waals surface area contributed by atoms with Gasteiger partial charge in [-0.3, -0.25) is 4.99 Å². The predicted molar refractivity (Wildman–Crippen MR) is 52.2 cm³/mol. The highest BCUT2D eigenvalue weighted by molar-refractivity contribution is 5.71. The van der Waals surface area contributed by atoms with Gasteiger partial charge in [-0.1, -0.05) is 32.6 Å². The molecule has 0 radical (unpaired) electrons. The Labute approximate surface area is 69.5 Å². The van der Waals surface area contributed by atoms with Crippen LogP contribution in [0.15, 0.2) is 29.8 Å². The lowest BCUT2D eigenvalue weighted by molar-refractivity contribution is 0.598. The fraction of sp³-hybridized carbons (Fsp3) is 0.500. The SMILES string of the molecule is C=C/C=C\C=NCCC(C)C. The number of aliphatic imine (C=N–C) groups is 1. The van der Waals surface area contributed by atoms with Crippen LogP contribution in [-0.2, 0) is 0 Å². The van der Waals surface area contributed by atoms with Crippen molar-refractivity contribution < 1.29 is 0 Å². The first kappa shape index (κ1) is 10.2. The summed E-state index contributed by atoms with van der Waals surface area (Å²) in [6.45, 7) is 8.89. The van der Waals surface area contributed by atoms with Crippen LogP contribution in [0.3, 0.4) is 0 Å². The molecule has 0 aliphatic carbocycles. The molecule has 1 heteroatoms. The second-order valence-corrected chi connectivity index (χ2v) is 2.86. The molecule has 0 spiro atoms. The maximum atomic E-state index is 4.19. The van der Waals surface area contributed by atoms with Gasteiger partial charge in [0.2, 0.25) is 0 Å². The highest BCUT2D eigenvalue weighted by atomic mass is 14.7. The van der Waals surface area contributed by atoms with E-state index in [1.807, 2.05) is 18.4 Å². The van der Waals surface area contributed by atoms with E-state index in [4.69, 9.17) is 0 Å². The number of allylic oxidation sites excluding steroid dienone is 3. The first-order chi connectivity index (χ1) is 5.27. The van der Waals surface area contributed by atoms with Crippen molar-refractivity contribution in [3.63, 3.8) is 0 Å². The van der Waals surface area contributed by atoms with Gasteiger partial charge < -0.3 is 0 Å². The van der Waals surface area contributed by atoms with Gasteiger partial charge in [0.05, 0.1) is 0 Å². The van der Waals surface area contributed by atoms with Gasteiger partial charge in [0.1, 0.15) is 0 Å². The molecule has 0 saturated heterocycles. The van der Waals surface area contributed by atoms with Crippen molar-refractivity contribution >= 4 is 6.21 Å². The highest BCUT2D eigenvalue weighted by Crippen LogP contribution is 1.97. The van der Waals surface area contributed by atoms with Gasteiger partial charge in [-0.2, -0.15) is 0 Å². The molecule has 1 nitrogen and oxygen atoms in total. The van der Waals surface area contributed by atoms with Crippen LogP contribution < -0.4 is 0 Å². The minimum atomic E-state index is 0.746. The largest absolute Gasteiger partial charge is 0.293 e. The maximum Gasteiger partial charge on any atom is 0.0391 e. The monoisotopic (exact) mass is 151 g/mol. The molecule has 0 N–H and O–H groups in total. The summed E-state index contributed by atoms with van der Waals surface area (Å²) in [5.74, 6) is 0.746. The molecule has 0 aliphatic rings. The van der Waals surface area contributed by atoms with Crippen LogP contribution in [-0.4, -0.2) is 12.8 Å². The van der Waals surface area contributed by atoms with Gasteiger partial charge in [-0.05, 0) is 18.4 Å². The molecule has 0 rings (SSSR count). The third-order valence-corrected chi connectivity index (χ3v) is 1.27. The van der Waals surface area contributed by atoms with E-state index < -0.39 is 0 Å². The first-order valence-electron chi connectivity index (χ1n) is 4.05. The Balaban J connectivity index is 3.30. The minimum absolute atomic E-state index is 0.746. The van der Waals surface area contributed by atoms with Gasteiger partial charge >= 0.3 is 0 Å². The summed E-state index contributed by atoms with van der Waals surface area (Å²) in [4.78, 5) is 4.19. The molecule has 0 atom stereocenters. The topological polar surface area (TPSA) is 12.4 Å². The molecule has 62 valence electrons. The first-order valence-corrected chi connectivity index (χ1v) is 4.05. The van der Waals surface area contributed by atoms with Crippen LogP contribution >= 0.6 is 0 Å². The Hall–Kier alpha value is -0.850. The van der Waals surface area contributed by atoms with E-state index in [2.05, 4.69) is 25.4 Å². The fourth-order valence-corrected chi connectivity index (χ4v) is 0.596.